The van der Waals surface area contributed by atoms with Crippen LogP contribution < -0.4 is 21.3 Å². The molecule has 4 rings (SSSR count). The maximum absolute atomic E-state index is 4.89. The van der Waals surface area contributed by atoms with Gasteiger partial charge in [0, 0.05) is 67.4 Å². The fraction of sp³-hybridized carbons (Fsp3) is 0.762. The van der Waals surface area contributed by atoms with E-state index in [9.17, 15) is 0 Å². The fourth-order valence-corrected chi connectivity index (χ4v) is 4.95. The van der Waals surface area contributed by atoms with Crippen molar-refractivity contribution >= 4 is 0 Å². The molecule has 6 nitrogen and oxygen atoms in total. The van der Waals surface area contributed by atoms with Crippen LogP contribution in [0.1, 0.15) is 62.8 Å². The molecule has 2 fully saturated rings. The van der Waals surface area contributed by atoms with Crippen LogP contribution in [0, 0.1) is 0 Å². The van der Waals surface area contributed by atoms with Crippen LogP contribution in [0.2, 0.25) is 0 Å². The minimum atomic E-state index is 0. The Kier molecular flexibility index (Phi) is 10.4. The molecular formula is C21H37MnN5O. The van der Waals surface area contributed by atoms with Crippen molar-refractivity contribution in [1.29, 1.82) is 0 Å². The second-order valence-electron chi connectivity index (χ2n) is 8.29. The Balaban J connectivity index is 0.00000140. The first-order chi connectivity index (χ1) is 12.9. The van der Waals surface area contributed by atoms with Crippen LogP contribution >= 0.6 is 0 Å². The summed E-state index contributed by atoms with van der Waals surface area (Å²) in [5.41, 5.74) is 2.34. The smallest absolute Gasteiger partial charge is 0.0545 e. The molecule has 3 aliphatic rings. The number of aromatic nitrogens is 1. The average molecular weight is 430 g/mol. The van der Waals surface area contributed by atoms with E-state index in [0.29, 0.717) is 24.2 Å². The zero-order valence-corrected chi connectivity index (χ0v) is 18.0. The maximum atomic E-state index is 4.89. The quantitative estimate of drug-likeness (QED) is 0.465. The summed E-state index contributed by atoms with van der Waals surface area (Å²) < 4.78 is 0. The Bertz CT molecular complexity index is 530. The standard InChI is InChI=1S/C21H35N5.Mn.H2O/c1-3-10-20-18(8-1)22-12-13-23-19-9-2-4-11-21(19)25-15-17-7-5-6-16(26-17)14-24-20;;/h5-7,18-25H,1-4,8-15H2;;1H2/t18?,19?,20-,21-;;/m1../s1. The van der Waals surface area contributed by atoms with Crippen molar-refractivity contribution in [2.75, 3.05) is 13.1 Å². The van der Waals surface area contributed by atoms with Gasteiger partial charge in [0.15, 0.2) is 0 Å². The van der Waals surface area contributed by atoms with Crippen molar-refractivity contribution in [2.45, 2.75) is 88.6 Å². The zero-order valence-electron chi connectivity index (χ0n) is 16.9. The number of fused-ring (bicyclic) bond motifs is 4. The summed E-state index contributed by atoms with van der Waals surface area (Å²) in [5.74, 6) is 0. The van der Waals surface area contributed by atoms with Gasteiger partial charge < -0.3 is 26.7 Å². The molecule has 0 spiro atoms. The first kappa shape index (κ1) is 23.7. The Labute approximate surface area is 180 Å². The van der Waals surface area contributed by atoms with Gasteiger partial charge in [-0.05, 0) is 37.8 Å². The van der Waals surface area contributed by atoms with Gasteiger partial charge in [-0.15, -0.1) is 0 Å². The summed E-state index contributed by atoms with van der Waals surface area (Å²) in [6.07, 6.45) is 10.5. The molecule has 2 aliphatic carbocycles. The summed E-state index contributed by atoms with van der Waals surface area (Å²) in [6, 6.07) is 8.81. The molecular weight excluding hydrogens is 393 g/mol. The molecule has 6 N–H and O–H groups in total. The fourth-order valence-electron chi connectivity index (χ4n) is 4.95. The molecule has 0 saturated heterocycles. The van der Waals surface area contributed by atoms with Gasteiger partial charge in [0.1, 0.15) is 0 Å². The van der Waals surface area contributed by atoms with E-state index in [0.717, 1.165) is 26.2 Å². The predicted octanol–water partition coefficient (Wildman–Crippen LogP) is 1.25. The van der Waals surface area contributed by atoms with Crippen molar-refractivity contribution < 1.29 is 22.5 Å². The van der Waals surface area contributed by atoms with Gasteiger partial charge >= 0.3 is 0 Å². The largest absolute Gasteiger partial charge is 0.412 e. The first-order valence-corrected chi connectivity index (χ1v) is 10.8. The molecule has 2 heterocycles. The topological polar surface area (TPSA) is 92.5 Å². The van der Waals surface area contributed by atoms with Gasteiger partial charge in [0.25, 0.3) is 0 Å². The number of hydrogen-bond donors (Lipinski definition) is 4. The minimum absolute atomic E-state index is 0. The molecule has 1 radical (unpaired) electrons. The van der Waals surface area contributed by atoms with E-state index in [2.05, 4.69) is 39.5 Å². The number of rotatable bonds is 0. The van der Waals surface area contributed by atoms with Gasteiger partial charge in [-0.25, -0.2) is 0 Å². The minimum Gasteiger partial charge on any atom is -0.412 e. The molecule has 7 heteroatoms. The van der Waals surface area contributed by atoms with Crippen molar-refractivity contribution in [3.63, 3.8) is 0 Å². The monoisotopic (exact) mass is 430 g/mol. The van der Waals surface area contributed by atoms with E-state index >= 15 is 0 Å². The van der Waals surface area contributed by atoms with Crippen molar-refractivity contribution in [3.8, 4) is 0 Å². The Morgan fingerprint density at radius 2 is 1.04 bits per heavy atom. The third-order valence-corrected chi connectivity index (χ3v) is 6.43. The molecule has 2 bridgehead atoms. The predicted molar refractivity (Wildman–Crippen MR) is 110 cm³/mol. The van der Waals surface area contributed by atoms with E-state index in [-0.39, 0.29) is 22.5 Å². The Morgan fingerprint density at radius 3 is 1.46 bits per heavy atom. The Hall–Kier alpha value is -0.531. The molecule has 1 aliphatic heterocycles. The van der Waals surface area contributed by atoms with Crippen LogP contribution in [-0.4, -0.2) is 47.7 Å². The molecule has 28 heavy (non-hydrogen) atoms. The number of nitrogens with zero attached hydrogens (tertiary/aromatic N) is 1. The average Bonchev–Trinajstić information content (AvgIpc) is 2.69. The number of nitrogens with one attached hydrogen (secondary N) is 4. The third-order valence-electron chi connectivity index (χ3n) is 6.43. The van der Waals surface area contributed by atoms with Crippen LogP contribution in [0.3, 0.4) is 0 Å². The van der Waals surface area contributed by atoms with Crippen LogP contribution in [0.15, 0.2) is 18.2 Å². The van der Waals surface area contributed by atoms with E-state index in [1.165, 1.54) is 62.8 Å². The van der Waals surface area contributed by atoms with Gasteiger partial charge in [0.2, 0.25) is 0 Å². The SMILES string of the molecule is O.[Mn].c1cc2nc(c1)CN[C@@H]1CCCCC1NCCNC1CCCC[C@H]1NC2. The van der Waals surface area contributed by atoms with Crippen LogP contribution in [0.4, 0.5) is 0 Å². The van der Waals surface area contributed by atoms with Crippen molar-refractivity contribution in [2.24, 2.45) is 0 Å². The summed E-state index contributed by atoms with van der Waals surface area (Å²) >= 11 is 0. The van der Waals surface area contributed by atoms with Gasteiger partial charge in [0.05, 0.1) is 11.4 Å². The van der Waals surface area contributed by atoms with Gasteiger partial charge in [-0.3, -0.25) is 4.98 Å². The molecule has 2 unspecified atom stereocenters. The van der Waals surface area contributed by atoms with Crippen LogP contribution in [0.5, 0.6) is 0 Å². The van der Waals surface area contributed by atoms with Gasteiger partial charge in [-0.1, -0.05) is 31.7 Å². The molecule has 1 aromatic rings. The number of pyridine rings is 1. The molecule has 4 atom stereocenters. The van der Waals surface area contributed by atoms with E-state index in [1.54, 1.807) is 0 Å². The summed E-state index contributed by atoms with van der Waals surface area (Å²) in [6.45, 7) is 3.89. The zero-order chi connectivity index (χ0) is 17.6. The second-order valence-corrected chi connectivity index (χ2v) is 8.29. The second kappa shape index (κ2) is 12.2. The molecule has 2 saturated carbocycles. The van der Waals surface area contributed by atoms with Crippen LogP contribution in [-0.2, 0) is 30.2 Å². The number of hydrogen-bond acceptors (Lipinski definition) is 5. The molecule has 159 valence electrons. The summed E-state index contributed by atoms with van der Waals surface area (Å²) in [4.78, 5) is 4.89. The summed E-state index contributed by atoms with van der Waals surface area (Å²) in [5, 5.41) is 15.2. The third kappa shape index (κ3) is 6.49. The summed E-state index contributed by atoms with van der Waals surface area (Å²) in [7, 11) is 0. The molecule has 0 aromatic carbocycles. The van der Waals surface area contributed by atoms with E-state index in [1.807, 2.05) is 0 Å². The van der Waals surface area contributed by atoms with Crippen molar-refractivity contribution in [3.05, 3.63) is 29.6 Å². The normalized spacial score (nSPS) is 31.6. The van der Waals surface area contributed by atoms with Gasteiger partial charge in [-0.2, -0.15) is 0 Å². The molecule has 0 amide bonds. The van der Waals surface area contributed by atoms with E-state index < -0.39 is 0 Å². The van der Waals surface area contributed by atoms with E-state index in [4.69, 9.17) is 4.98 Å². The van der Waals surface area contributed by atoms with Crippen molar-refractivity contribution in [1.82, 2.24) is 26.3 Å². The maximum Gasteiger partial charge on any atom is 0.0545 e. The first-order valence-electron chi connectivity index (χ1n) is 10.8. The van der Waals surface area contributed by atoms with Crippen LogP contribution in [0.25, 0.3) is 0 Å². The Morgan fingerprint density at radius 1 is 0.643 bits per heavy atom. The molecule has 1 aromatic heterocycles.